The lowest BCUT2D eigenvalue weighted by molar-refractivity contribution is 0.413. The van der Waals surface area contributed by atoms with E-state index >= 15 is 0 Å². The number of hydrogen-bond donors (Lipinski definition) is 1. The average molecular weight is 451 g/mol. The molecule has 164 valence electrons. The van der Waals surface area contributed by atoms with Crippen LogP contribution in [0.25, 0.3) is 16.8 Å². The van der Waals surface area contributed by atoms with Gasteiger partial charge in [-0.25, -0.2) is 12.8 Å². The van der Waals surface area contributed by atoms with Gasteiger partial charge in [0.25, 0.3) is 10.0 Å². The summed E-state index contributed by atoms with van der Waals surface area (Å²) in [5.74, 6) is 0.0115. The SMILES string of the molecule is COc1cc(F)ccc1-c1ccc2c3c1CN(S(=O)(=O)c1ccccc1)C3=CC(C)(C)N2. The zero-order valence-corrected chi connectivity index (χ0v) is 18.8. The lowest BCUT2D eigenvalue weighted by Crippen LogP contribution is -2.34. The fourth-order valence-corrected chi connectivity index (χ4v) is 5.96. The molecule has 2 aliphatic heterocycles. The van der Waals surface area contributed by atoms with E-state index in [1.165, 1.54) is 23.5 Å². The van der Waals surface area contributed by atoms with Crippen LogP contribution in [0.2, 0.25) is 0 Å². The van der Waals surface area contributed by atoms with E-state index in [-0.39, 0.29) is 11.4 Å². The molecular formula is C25H23FN2O3S. The third-order valence-corrected chi connectivity index (χ3v) is 7.65. The Kier molecular flexibility index (Phi) is 4.57. The van der Waals surface area contributed by atoms with Gasteiger partial charge in [0, 0.05) is 22.9 Å². The highest BCUT2D eigenvalue weighted by molar-refractivity contribution is 7.89. The summed E-state index contributed by atoms with van der Waals surface area (Å²) in [7, 11) is -2.28. The van der Waals surface area contributed by atoms with Crippen LogP contribution in [-0.2, 0) is 16.6 Å². The molecule has 2 heterocycles. The molecule has 0 aromatic heterocycles. The molecule has 2 aliphatic rings. The molecule has 0 spiro atoms. The first kappa shape index (κ1) is 20.6. The van der Waals surface area contributed by atoms with Crippen LogP contribution in [0.15, 0.2) is 71.6 Å². The van der Waals surface area contributed by atoms with Gasteiger partial charge in [0.1, 0.15) is 11.6 Å². The van der Waals surface area contributed by atoms with Gasteiger partial charge in [-0.05, 0) is 61.4 Å². The van der Waals surface area contributed by atoms with Crippen LogP contribution in [0.1, 0.15) is 25.0 Å². The molecule has 32 heavy (non-hydrogen) atoms. The van der Waals surface area contributed by atoms with Crippen molar-refractivity contribution in [3.63, 3.8) is 0 Å². The highest BCUT2D eigenvalue weighted by Crippen LogP contribution is 2.49. The molecule has 5 nitrogen and oxygen atoms in total. The predicted molar refractivity (Wildman–Crippen MR) is 123 cm³/mol. The van der Waals surface area contributed by atoms with Crippen LogP contribution >= 0.6 is 0 Å². The Morgan fingerprint density at radius 2 is 1.75 bits per heavy atom. The topological polar surface area (TPSA) is 58.6 Å². The molecule has 3 aromatic rings. The molecule has 0 saturated carbocycles. The summed E-state index contributed by atoms with van der Waals surface area (Å²) in [5, 5.41) is 3.49. The first-order valence-corrected chi connectivity index (χ1v) is 11.7. The van der Waals surface area contributed by atoms with E-state index in [9.17, 15) is 12.8 Å². The zero-order chi connectivity index (χ0) is 22.7. The van der Waals surface area contributed by atoms with E-state index < -0.39 is 21.4 Å². The molecule has 0 unspecified atom stereocenters. The molecule has 0 amide bonds. The molecule has 7 heteroatoms. The first-order valence-electron chi connectivity index (χ1n) is 10.3. The summed E-state index contributed by atoms with van der Waals surface area (Å²) in [5.41, 5.74) is 4.36. The second-order valence-corrected chi connectivity index (χ2v) is 10.4. The van der Waals surface area contributed by atoms with Crippen molar-refractivity contribution >= 4 is 21.4 Å². The minimum atomic E-state index is -3.78. The minimum absolute atomic E-state index is 0.180. The average Bonchev–Trinajstić information content (AvgIpc) is 3.15. The summed E-state index contributed by atoms with van der Waals surface area (Å²) in [4.78, 5) is 0.243. The van der Waals surface area contributed by atoms with Crippen molar-refractivity contribution in [3.05, 3.63) is 83.7 Å². The number of nitrogens with one attached hydrogen (secondary N) is 1. The van der Waals surface area contributed by atoms with E-state index in [2.05, 4.69) is 5.32 Å². The maximum Gasteiger partial charge on any atom is 0.264 e. The molecule has 5 rings (SSSR count). The number of anilines is 1. The van der Waals surface area contributed by atoms with Gasteiger partial charge in [-0.15, -0.1) is 0 Å². The molecule has 3 aromatic carbocycles. The van der Waals surface area contributed by atoms with E-state index in [1.54, 1.807) is 36.4 Å². The van der Waals surface area contributed by atoms with Crippen LogP contribution in [-0.4, -0.2) is 25.4 Å². The third kappa shape index (κ3) is 3.15. The number of nitrogens with zero attached hydrogens (tertiary/aromatic N) is 1. The highest BCUT2D eigenvalue weighted by Gasteiger charge is 2.41. The van der Waals surface area contributed by atoms with Gasteiger partial charge in [0.05, 0.1) is 29.8 Å². The van der Waals surface area contributed by atoms with Crippen molar-refractivity contribution in [1.82, 2.24) is 4.31 Å². The molecule has 0 fully saturated rings. The van der Waals surface area contributed by atoms with Crippen LogP contribution in [0.4, 0.5) is 10.1 Å². The fraction of sp³-hybridized carbons (Fsp3) is 0.200. The first-order chi connectivity index (χ1) is 15.2. The zero-order valence-electron chi connectivity index (χ0n) is 18.0. The second-order valence-electron chi connectivity index (χ2n) is 8.56. The second kappa shape index (κ2) is 7.10. The monoisotopic (exact) mass is 450 g/mol. The molecule has 0 radical (unpaired) electrons. The summed E-state index contributed by atoms with van der Waals surface area (Å²) < 4.78 is 48.0. The van der Waals surface area contributed by atoms with Crippen LogP contribution < -0.4 is 10.1 Å². The van der Waals surface area contributed by atoms with Crippen molar-refractivity contribution in [1.29, 1.82) is 0 Å². The third-order valence-electron chi connectivity index (χ3n) is 5.88. The fourth-order valence-electron chi connectivity index (χ4n) is 4.51. The van der Waals surface area contributed by atoms with Gasteiger partial charge in [-0.1, -0.05) is 24.3 Å². The van der Waals surface area contributed by atoms with E-state index in [0.29, 0.717) is 11.4 Å². The summed E-state index contributed by atoms with van der Waals surface area (Å²) in [6.45, 7) is 4.19. The number of rotatable bonds is 4. The van der Waals surface area contributed by atoms with Crippen molar-refractivity contribution in [3.8, 4) is 16.9 Å². The van der Waals surface area contributed by atoms with Crippen molar-refractivity contribution in [2.75, 3.05) is 12.4 Å². The van der Waals surface area contributed by atoms with E-state index in [1.807, 2.05) is 32.1 Å². The van der Waals surface area contributed by atoms with Crippen LogP contribution in [0, 0.1) is 5.82 Å². The van der Waals surface area contributed by atoms with Crippen molar-refractivity contribution in [2.24, 2.45) is 0 Å². The molecule has 0 bridgehead atoms. The Bertz CT molecular complexity index is 1370. The van der Waals surface area contributed by atoms with Crippen LogP contribution in [0.3, 0.4) is 0 Å². The standard InChI is InChI=1S/C25H23FN2O3S/c1-25(2)14-22-24-20(15-28(22)32(29,30)17-7-5-4-6-8-17)18(11-12-21(24)27-25)19-10-9-16(26)13-23(19)31-3/h4-14,27H,15H2,1-3H3. The van der Waals surface area contributed by atoms with Crippen LogP contribution in [0.5, 0.6) is 5.75 Å². The van der Waals surface area contributed by atoms with E-state index in [4.69, 9.17) is 4.74 Å². The van der Waals surface area contributed by atoms with Gasteiger partial charge in [-0.3, -0.25) is 4.31 Å². The highest BCUT2D eigenvalue weighted by atomic mass is 32.2. The number of halogens is 1. The normalized spacial score (nSPS) is 16.2. The van der Waals surface area contributed by atoms with Crippen molar-refractivity contribution < 1.29 is 17.5 Å². The molecule has 0 saturated heterocycles. The maximum absolute atomic E-state index is 13.8. The lowest BCUT2D eigenvalue weighted by Gasteiger charge is -2.33. The number of methoxy groups -OCH3 is 1. The van der Waals surface area contributed by atoms with Gasteiger partial charge in [-0.2, -0.15) is 0 Å². The minimum Gasteiger partial charge on any atom is -0.496 e. The number of sulfonamides is 1. The summed E-state index contributed by atoms with van der Waals surface area (Å²) in [6, 6.07) is 16.7. The number of benzene rings is 3. The predicted octanol–water partition coefficient (Wildman–Crippen LogP) is 5.25. The van der Waals surface area contributed by atoms with Gasteiger partial charge >= 0.3 is 0 Å². The Morgan fingerprint density at radius 3 is 2.47 bits per heavy atom. The Morgan fingerprint density at radius 1 is 1.03 bits per heavy atom. The number of hydrogen-bond acceptors (Lipinski definition) is 4. The molecule has 1 N–H and O–H groups in total. The quantitative estimate of drug-likeness (QED) is 0.590. The van der Waals surface area contributed by atoms with E-state index in [0.717, 1.165) is 27.9 Å². The van der Waals surface area contributed by atoms with Crippen molar-refractivity contribution in [2.45, 2.75) is 30.8 Å². The maximum atomic E-state index is 13.8. The Balaban J connectivity index is 1.73. The van der Waals surface area contributed by atoms with Gasteiger partial charge < -0.3 is 10.1 Å². The van der Waals surface area contributed by atoms with Gasteiger partial charge in [0.15, 0.2) is 0 Å². The largest absolute Gasteiger partial charge is 0.496 e. The number of ether oxygens (including phenoxy) is 1. The smallest absolute Gasteiger partial charge is 0.264 e. The summed E-state index contributed by atoms with van der Waals surface area (Å²) >= 11 is 0. The summed E-state index contributed by atoms with van der Waals surface area (Å²) in [6.07, 6.45) is 1.96. The molecule has 0 aliphatic carbocycles. The molecule has 0 atom stereocenters. The Hall–Kier alpha value is -3.32. The van der Waals surface area contributed by atoms with Gasteiger partial charge in [0.2, 0.25) is 0 Å². The lowest BCUT2D eigenvalue weighted by atomic mass is 9.89. The Labute approximate surface area is 187 Å². The molecular weight excluding hydrogens is 427 g/mol.